The summed E-state index contributed by atoms with van der Waals surface area (Å²) in [5, 5.41) is 12.3. The summed E-state index contributed by atoms with van der Waals surface area (Å²) >= 11 is 0. The van der Waals surface area contributed by atoms with Gasteiger partial charge in [-0.25, -0.2) is 4.79 Å². The molecule has 1 aromatic rings. The Balaban J connectivity index is 2.04. The summed E-state index contributed by atoms with van der Waals surface area (Å²) in [6, 6.07) is 6.98. The summed E-state index contributed by atoms with van der Waals surface area (Å²) in [7, 11) is 0. The van der Waals surface area contributed by atoms with Gasteiger partial charge in [0, 0.05) is 0 Å². The Morgan fingerprint density at radius 3 is 2.39 bits per heavy atom. The van der Waals surface area contributed by atoms with Crippen LogP contribution in [0.3, 0.4) is 0 Å². The number of hydrogen-bond donors (Lipinski definition) is 1. The second-order valence-corrected chi connectivity index (χ2v) is 6.82. The van der Waals surface area contributed by atoms with Gasteiger partial charge in [0.15, 0.2) is 17.6 Å². The van der Waals surface area contributed by atoms with E-state index in [1.54, 1.807) is 18.2 Å². The van der Waals surface area contributed by atoms with E-state index < -0.39 is 23.5 Å². The Kier molecular flexibility index (Phi) is 7.68. The van der Waals surface area contributed by atoms with E-state index in [1.165, 1.54) is 6.92 Å². The summed E-state index contributed by atoms with van der Waals surface area (Å²) in [5.41, 5.74) is -0.601. The molecule has 0 aromatic heterocycles. The third kappa shape index (κ3) is 5.38. The first-order valence-electron chi connectivity index (χ1n) is 9.78. The molecule has 0 bridgehead atoms. The Morgan fingerprint density at radius 1 is 1.14 bits per heavy atom. The number of ether oxygens (including phenoxy) is 3. The van der Waals surface area contributed by atoms with E-state index in [0.717, 1.165) is 19.3 Å². The number of nitrogens with one attached hydrogen (secondary N) is 1. The van der Waals surface area contributed by atoms with Crippen molar-refractivity contribution in [2.24, 2.45) is 0 Å². The minimum atomic E-state index is -1.01. The normalized spacial score (nSPS) is 16.4. The Bertz CT molecular complexity index is 735. The van der Waals surface area contributed by atoms with Gasteiger partial charge in [-0.3, -0.25) is 4.79 Å². The van der Waals surface area contributed by atoms with Crippen molar-refractivity contribution >= 4 is 11.9 Å². The van der Waals surface area contributed by atoms with Crippen LogP contribution in [0.2, 0.25) is 0 Å². The van der Waals surface area contributed by atoms with Crippen molar-refractivity contribution in [1.29, 1.82) is 5.26 Å². The average Bonchev–Trinajstić information content (AvgIpc) is 2.70. The zero-order valence-electron chi connectivity index (χ0n) is 16.7. The van der Waals surface area contributed by atoms with Crippen molar-refractivity contribution in [2.75, 3.05) is 13.2 Å². The lowest BCUT2D eigenvalue weighted by molar-refractivity contribution is -0.130. The van der Waals surface area contributed by atoms with Gasteiger partial charge in [-0.05, 0) is 51.8 Å². The predicted octanol–water partition coefficient (Wildman–Crippen LogP) is 3.37. The third-order valence-corrected chi connectivity index (χ3v) is 4.72. The fraction of sp³-hybridized carbons (Fsp3) is 0.571. The highest BCUT2D eigenvalue weighted by atomic mass is 16.5. The quantitative estimate of drug-likeness (QED) is 0.686. The maximum Gasteiger partial charge on any atom is 0.339 e. The molecule has 2 rings (SSSR count). The predicted molar refractivity (Wildman–Crippen MR) is 103 cm³/mol. The smallest absolute Gasteiger partial charge is 0.339 e. The summed E-state index contributed by atoms with van der Waals surface area (Å²) in [4.78, 5) is 24.9. The molecule has 28 heavy (non-hydrogen) atoms. The van der Waals surface area contributed by atoms with Gasteiger partial charge >= 0.3 is 5.97 Å². The topological polar surface area (TPSA) is 97.6 Å². The van der Waals surface area contributed by atoms with Crippen molar-refractivity contribution in [1.82, 2.24) is 5.32 Å². The number of hydrogen-bond acceptors (Lipinski definition) is 6. The van der Waals surface area contributed by atoms with Crippen LogP contribution < -0.4 is 14.8 Å². The molecule has 7 heteroatoms. The lowest BCUT2D eigenvalue weighted by atomic mass is 9.83. The van der Waals surface area contributed by atoms with Crippen LogP contribution in [0.25, 0.3) is 0 Å². The number of esters is 1. The monoisotopic (exact) mass is 388 g/mol. The molecule has 1 aliphatic carbocycles. The SMILES string of the molecule is CCOc1ccc(C(=O)O[C@@H](C)C(=O)NC2(C#N)CCCCC2)cc1OCC. The molecular formula is C21H28N2O5. The van der Waals surface area contributed by atoms with Crippen molar-refractivity contribution in [3.63, 3.8) is 0 Å². The highest BCUT2D eigenvalue weighted by molar-refractivity contribution is 5.93. The van der Waals surface area contributed by atoms with Gasteiger partial charge in [0.05, 0.1) is 24.8 Å². The van der Waals surface area contributed by atoms with Gasteiger partial charge in [-0.15, -0.1) is 0 Å². The van der Waals surface area contributed by atoms with E-state index in [1.807, 2.05) is 13.8 Å². The van der Waals surface area contributed by atoms with Crippen molar-refractivity contribution < 1.29 is 23.8 Å². The van der Waals surface area contributed by atoms with Crippen LogP contribution in [0.15, 0.2) is 18.2 Å². The lowest BCUT2D eigenvalue weighted by Gasteiger charge is -2.32. The Hall–Kier alpha value is -2.75. The molecule has 7 nitrogen and oxygen atoms in total. The molecule has 152 valence electrons. The van der Waals surface area contributed by atoms with E-state index in [-0.39, 0.29) is 5.56 Å². The largest absolute Gasteiger partial charge is 0.490 e. The number of carbonyl (C=O) groups is 2. The second-order valence-electron chi connectivity index (χ2n) is 6.82. The fourth-order valence-corrected chi connectivity index (χ4v) is 3.22. The molecule has 1 aliphatic rings. The van der Waals surface area contributed by atoms with E-state index in [9.17, 15) is 14.9 Å². The first-order valence-corrected chi connectivity index (χ1v) is 9.78. The summed E-state index contributed by atoms with van der Waals surface area (Å²) < 4.78 is 16.3. The third-order valence-electron chi connectivity index (χ3n) is 4.72. The number of nitrogens with zero attached hydrogens (tertiary/aromatic N) is 1. The molecule has 1 N–H and O–H groups in total. The fourth-order valence-electron chi connectivity index (χ4n) is 3.22. The number of rotatable bonds is 8. The maximum absolute atomic E-state index is 12.5. The van der Waals surface area contributed by atoms with E-state index in [2.05, 4.69) is 11.4 Å². The zero-order valence-corrected chi connectivity index (χ0v) is 16.7. The van der Waals surface area contributed by atoms with Gasteiger partial charge in [0.25, 0.3) is 5.91 Å². The minimum Gasteiger partial charge on any atom is -0.490 e. The van der Waals surface area contributed by atoms with Gasteiger partial charge in [-0.2, -0.15) is 5.26 Å². The standard InChI is InChI=1S/C21H28N2O5/c1-4-26-17-10-9-16(13-18(17)27-5-2)20(25)28-15(3)19(24)23-21(14-22)11-7-6-8-12-21/h9-10,13,15H,4-8,11-12H2,1-3H3,(H,23,24)/t15-/m0/s1. The molecule has 1 aromatic carbocycles. The van der Waals surface area contributed by atoms with Crippen LogP contribution in [0, 0.1) is 11.3 Å². The highest BCUT2D eigenvalue weighted by Crippen LogP contribution is 2.29. The van der Waals surface area contributed by atoms with E-state index >= 15 is 0 Å². The lowest BCUT2D eigenvalue weighted by Crippen LogP contribution is -2.52. The second kappa shape index (κ2) is 9.98. The first kappa shape index (κ1) is 21.5. The van der Waals surface area contributed by atoms with E-state index in [4.69, 9.17) is 14.2 Å². The van der Waals surface area contributed by atoms with Crippen LogP contribution >= 0.6 is 0 Å². The molecule has 0 unspecified atom stereocenters. The zero-order chi connectivity index (χ0) is 20.6. The van der Waals surface area contributed by atoms with Crippen molar-refractivity contribution in [3.8, 4) is 17.6 Å². The first-order chi connectivity index (χ1) is 13.4. The van der Waals surface area contributed by atoms with Crippen LogP contribution in [0.4, 0.5) is 0 Å². The summed E-state index contributed by atoms with van der Waals surface area (Å²) in [5.74, 6) is -0.115. The van der Waals surface area contributed by atoms with Gasteiger partial charge < -0.3 is 19.5 Å². The summed E-state index contributed by atoms with van der Waals surface area (Å²) in [6.45, 7) is 6.09. The van der Waals surface area contributed by atoms with Crippen LogP contribution in [0.5, 0.6) is 11.5 Å². The van der Waals surface area contributed by atoms with E-state index in [0.29, 0.717) is 37.6 Å². The Labute approximate surface area is 166 Å². The number of carbonyl (C=O) groups excluding carboxylic acids is 2. The number of benzene rings is 1. The molecule has 1 saturated carbocycles. The maximum atomic E-state index is 12.5. The molecule has 0 aliphatic heterocycles. The molecule has 0 heterocycles. The van der Waals surface area contributed by atoms with Crippen LogP contribution in [0.1, 0.15) is 63.2 Å². The molecule has 0 radical (unpaired) electrons. The molecule has 0 saturated heterocycles. The molecule has 0 spiro atoms. The number of amides is 1. The molecular weight excluding hydrogens is 360 g/mol. The highest BCUT2D eigenvalue weighted by Gasteiger charge is 2.35. The minimum absolute atomic E-state index is 0.263. The molecule has 1 amide bonds. The summed E-state index contributed by atoms with van der Waals surface area (Å²) in [6.07, 6.45) is 3.08. The van der Waals surface area contributed by atoms with Crippen molar-refractivity contribution in [3.05, 3.63) is 23.8 Å². The van der Waals surface area contributed by atoms with Gasteiger partial charge in [0.1, 0.15) is 5.54 Å². The molecule has 1 atom stereocenters. The Morgan fingerprint density at radius 2 is 1.79 bits per heavy atom. The van der Waals surface area contributed by atoms with Gasteiger partial charge in [0.2, 0.25) is 0 Å². The number of nitriles is 1. The van der Waals surface area contributed by atoms with Crippen LogP contribution in [-0.4, -0.2) is 36.7 Å². The van der Waals surface area contributed by atoms with Gasteiger partial charge in [-0.1, -0.05) is 19.3 Å². The average molecular weight is 388 g/mol. The van der Waals surface area contributed by atoms with Crippen LogP contribution in [-0.2, 0) is 9.53 Å². The van der Waals surface area contributed by atoms with Crippen molar-refractivity contribution in [2.45, 2.75) is 64.5 Å². The molecule has 1 fully saturated rings.